The Morgan fingerprint density at radius 3 is 2.80 bits per heavy atom. The van der Waals surface area contributed by atoms with Crippen LogP contribution in [-0.4, -0.2) is 59.4 Å². The summed E-state index contributed by atoms with van der Waals surface area (Å²) in [5.41, 5.74) is 0.674. The molecule has 0 spiro atoms. The van der Waals surface area contributed by atoms with Crippen LogP contribution in [0.1, 0.15) is 29.6 Å². The summed E-state index contributed by atoms with van der Waals surface area (Å²) in [6.07, 6.45) is 6.80. The Hall–Kier alpha value is -0.940. The summed E-state index contributed by atoms with van der Waals surface area (Å²) in [4.78, 5) is 16.9. The Kier molecular flexibility index (Phi) is 4.68. The number of rotatable bonds is 2. The Morgan fingerprint density at radius 2 is 2.05 bits per heavy atom. The molecule has 0 N–H and O–H groups in total. The van der Waals surface area contributed by atoms with Crippen molar-refractivity contribution < 1.29 is 9.21 Å². The Bertz CT molecular complexity index is 429. The van der Waals surface area contributed by atoms with Gasteiger partial charge in [0, 0.05) is 32.2 Å². The maximum Gasteiger partial charge on any atom is 0.257 e. The van der Waals surface area contributed by atoms with Crippen molar-refractivity contribution in [3.05, 3.63) is 24.2 Å². The third kappa shape index (κ3) is 3.20. The maximum atomic E-state index is 12.3. The smallest absolute Gasteiger partial charge is 0.257 e. The fourth-order valence-corrected chi connectivity index (χ4v) is 4.21. The van der Waals surface area contributed by atoms with Crippen molar-refractivity contribution in [3.63, 3.8) is 0 Å². The lowest BCUT2D eigenvalue weighted by atomic mass is 10.1. The zero-order valence-electron chi connectivity index (χ0n) is 11.8. The highest BCUT2D eigenvalue weighted by Crippen LogP contribution is 2.23. The molecule has 0 unspecified atom stereocenters. The molecule has 2 saturated heterocycles. The molecule has 0 aliphatic carbocycles. The van der Waals surface area contributed by atoms with E-state index in [1.165, 1.54) is 24.3 Å². The van der Waals surface area contributed by atoms with Crippen molar-refractivity contribution in [2.45, 2.75) is 25.3 Å². The highest BCUT2D eigenvalue weighted by Gasteiger charge is 2.26. The largest absolute Gasteiger partial charge is 0.472 e. The predicted molar refractivity (Wildman–Crippen MR) is 81.1 cm³/mol. The lowest BCUT2D eigenvalue weighted by Crippen LogP contribution is -2.41. The van der Waals surface area contributed by atoms with Crippen molar-refractivity contribution in [2.75, 3.05) is 37.7 Å². The highest BCUT2D eigenvalue weighted by molar-refractivity contribution is 7.99. The number of nitrogens with zero attached hydrogens (tertiary/aromatic N) is 2. The molecule has 3 heterocycles. The molecular weight excluding hydrogens is 272 g/mol. The topological polar surface area (TPSA) is 36.7 Å². The molecule has 2 aliphatic rings. The van der Waals surface area contributed by atoms with Crippen LogP contribution in [0.25, 0.3) is 0 Å². The first kappa shape index (κ1) is 14.0. The van der Waals surface area contributed by atoms with Crippen LogP contribution in [0.2, 0.25) is 0 Å². The summed E-state index contributed by atoms with van der Waals surface area (Å²) >= 11 is 2.07. The summed E-state index contributed by atoms with van der Waals surface area (Å²) < 4.78 is 5.01. The third-order valence-corrected chi connectivity index (χ3v) is 5.34. The van der Waals surface area contributed by atoms with E-state index in [9.17, 15) is 4.79 Å². The van der Waals surface area contributed by atoms with Crippen LogP contribution in [0.5, 0.6) is 0 Å². The van der Waals surface area contributed by atoms with Gasteiger partial charge >= 0.3 is 0 Å². The van der Waals surface area contributed by atoms with Crippen LogP contribution < -0.4 is 0 Å². The van der Waals surface area contributed by atoms with Gasteiger partial charge in [0.2, 0.25) is 0 Å². The SMILES string of the molecule is O=C(c1ccoc1)N1CCCN(C2CCSCC2)CC1. The van der Waals surface area contributed by atoms with Gasteiger partial charge in [-0.2, -0.15) is 11.8 Å². The molecular formula is C15H22N2O2S. The molecule has 2 fully saturated rings. The number of carbonyl (C=O) groups excluding carboxylic acids is 1. The van der Waals surface area contributed by atoms with Gasteiger partial charge in [-0.25, -0.2) is 0 Å². The van der Waals surface area contributed by atoms with E-state index < -0.39 is 0 Å². The van der Waals surface area contributed by atoms with E-state index >= 15 is 0 Å². The molecule has 110 valence electrons. The summed E-state index contributed by atoms with van der Waals surface area (Å²) in [7, 11) is 0. The van der Waals surface area contributed by atoms with Crippen molar-refractivity contribution in [1.82, 2.24) is 9.80 Å². The van der Waals surface area contributed by atoms with Gasteiger partial charge in [-0.15, -0.1) is 0 Å². The second kappa shape index (κ2) is 6.68. The lowest BCUT2D eigenvalue weighted by Gasteiger charge is -2.33. The van der Waals surface area contributed by atoms with Crippen molar-refractivity contribution in [1.29, 1.82) is 0 Å². The van der Waals surface area contributed by atoms with E-state index in [1.54, 1.807) is 18.6 Å². The van der Waals surface area contributed by atoms with Crippen LogP contribution in [0, 0.1) is 0 Å². The van der Waals surface area contributed by atoms with Gasteiger partial charge in [-0.1, -0.05) is 0 Å². The first-order valence-electron chi connectivity index (χ1n) is 7.48. The quantitative estimate of drug-likeness (QED) is 0.839. The fourth-order valence-electron chi connectivity index (χ4n) is 3.12. The van der Waals surface area contributed by atoms with Gasteiger partial charge < -0.3 is 9.32 Å². The fraction of sp³-hybridized carbons (Fsp3) is 0.667. The molecule has 1 amide bonds. The molecule has 2 aliphatic heterocycles. The molecule has 0 aromatic carbocycles. The van der Waals surface area contributed by atoms with Crippen LogP contribution in [0.4, 0.5) is 0 Å². The predicted octanol–water partition coefficient (Wildman–Crippen LogP) is 2.32. The van der Waals surface area contributed by atoms with Gasteiger partial charge in [-0.05, 0) is 36.8 Å². The van der Waals surface area contributed by atoms with Crippen molar-refractivity contribution in [3.8, 4) is 0 Å². The third-order valence-electron chi connectivity index (χ3n) is 4.29. The summed E-state index contributed by atoms with van der Waals surface area (Å²) in [6.45, 7) is 3.85. The number of carbonyl (C=O) groups is 1. The molecule has 0 radical (unpaired) electrons. The molecule has 0 saturated carbocycles. The van der Waals surface area contributed by atoms with E-state index in [0.717, 1.165) is 38.6 Å². The minimum atomic E-state index is 0.111. The zero-order chi connectivity index (χ0) is 13.8. The standard InChI is InChI=1S/C15H22N2O2S/c18-15(13-2-9-19-12-13)17-6-1-5-16(7-8-17)14-3-10-20-11-4-14/h2,9,12,14H,1,3-8,10-11H2. The number of furan rings is 1. The van der Waals surface area contributed by atoms with Crippen LogP contribution in [0.15, 0.2) is 23.0 Å². The van der Waals surface area contributed by atoms with Crippen LogP contribution in [-0.2, 0) is 0 Å². The van der Waals surface area contributed by atoms with Gasteiger partial charge in [-0.3, -0.25) is 9.69 Å². The first-order valence-corrected chi connectivity index (χ1v) is 8.63. The average Bonchev–Trinajstić information content (AvgIpc) is 2.92. The molecule has 5 heteroatoms. The molecule has 20 heavy (non-hydrogen) atoms. The van der Waals surface area contributed by atoms with E-state index in [1.807, 2.05) is 4.90 Å². The van der Waals surface area contributed by atoms with Crippen LogP contribution >= 0.6 is 11.8 Å². The second-order valence-corrected chi connectivity index (χ2v) is 6.76. The monoisotopic (exact) mass is 294 g/mol. The molecule has 1 aromatic rings. The molecule has 3 rings (SSSR count). The Morgan fingerprint density at radius 1 is 1.20 bits per heavy atom. The highest BCUT2D eigenvalue weighted by atomic mass is 32.2. The van der Waals surface area contributed by atoms with Gasteiger partial charge in [0.25, 0.3) is 5.91 Å². The summed E-state index contributed by atoms with van der Waals surface area (Å²) in [6, 6.07) is 2.49. The summed E-state index contributed by atoms with van der Waals surface area (Å²) in [5.74, 6) is 2.69. The Labute approximate surface area is 124 Å². The minimum absolute atomic E-state index is 0.111. The number of amides is 1. The van der Waals surface area contributed by atoms with Gasteiger partial charge in [0.15, 0.2) is 0 Å². The molecule has 0 atom stereocenters. The first-order chi connectivity index (χ1) is 9.84. The molecule has 1 aromatic heterocycles. The van der Waals surface area contributed by atoms with Gasteiger partial charge in [0.1, 0.15) is 6.26 Å². The lowest BCUT2D eigenvalue weighted by molar-refractivity contribution is 0.0756. The average molecular weight is 294 g/mol. The molecule has 4 nitrogen and oxygen atoms in total. The van der Waals surface area contributed by atoms with E-state index in [0.29, 0.717) is 5.56 Å². The number of thioether (sulfide) groups is 1. The summed E-state index contributed by atoms with van der Waals surface area (Å²) in [5, 5.41) is 0. The van der Waals surface area contributed by atoms with Crippen molar-refractivity contribution in [2.24, 2.45) is 0 Å². The number of hydrogen-bond donors (Lipinski definition) is 0. The number of hydrogen-bond acceptors (Lipinski definition) is 4. The minimum Gasteiger partial charge on any atom is -0.472 e. The van der Waals surface area contributed by atoms with Gasteiger partial charge in [0.05, 0.1) is 11.8 Å². The maximum absolute atomic E-state index is 12.3. The van der Waals surface area contributed by atoms with E-state index in [-0.39, 0.29) is 5.91 Å². The second-order valence-electron chi connectivity index (χ2n) is 5.54. The van der Waals surface area contributed by atoms with Crippen molar-refractivity contribution >= 4 is 17.7 Å². The normalized spacial score (nSPS) is 22.7. The van der Waals surface area contributed by atoms with E-state index in [2.05, 4.69) is 16.7 Å². The van der Waals surface area contributed by atoms with Crippen LogP contribution in [0.3, 0.4) is 0 Å². The van der Waals surface area contributed by atoms with E-state index in [4.69, 9.17) is 4.42 Å². The Balaban J connectivity index is 1.57. The molecule has 0 bridgehead atoms. The zero-order valence-corrected chi connectivity index (χ0v) is 12.6.